The standard InChI is InChI=1S/C12H17NO2/c1-8(2)5-10-7-13-11(6-9(10)3)12(14)15-4/h6-8H,5H2,1-4H3. The summed E-state index contributed by atoms with van der Waals surface area (Å²) in [4.78, 5) is 15.3. The number of esters is 1. The van der Waals surface area contributed by atoms with Crippen molar-refractivity contribution in [3.8, 4) is 0 Å². The lowest BCUT2D eigenvalue weighted by Crippen LogP contribution is -2.06. The van der Waals surface area contributed by atoms with E-state index in [1.165, 1.54) is 12.7 Å². The third-order valence-corrected chi connectivity index (χ3v) is 2.24. The molecule has 1 heterocycles. The van der Waals surface area contributed by atoms with Crippen molar-refractivity contribution >= 4 is 5.97 Å². The van der Waals surface area contributed by atoms with Crippen LogP contribution >= 0.6 is 0 Å². The molecule has 0 saturated carbocycles. The van der Waals surface area contributed by atoms with Crippen LogP contribution < -0.4 is 0 Å². The molecule has 3 heteroatoms. The van der Waals surface area contributed by atoms with E-state index in [2.05, 4.69) is 23.6 Å². The summed E-state index contributed by atoms with van der Waals surface area (Å²) in [6.45, 7) is 6.31. The van der Waals surface area contributed by atoms with Crippen molar-refractivity contribution in [1.82, 2.24) is 4.98 Å². The highest BCUT2D eigenvalue weighted by Crippen LogP contribution is 2.13. The number of carbonyl (C=O) groups excluding carboxylic acids is 1. The maximum Gasteiger partial charge on any atom is 0.356 e. The Morgan fingerprint density at radius 1 is 1.53 bits per heavy atom. The predicted octanol–water partition coefficient (Wildman–Crippen LogP) is 2.38. The molecule has 0 N–H and O–H groups in total. The number of carbonyl (C=O) groups is 1. The van der Waals surface area contributed by atoms with Crippen LogP contribution in [0.25, 0.3) is 0 Å². The van der Waals surface area contributed by atoms with E-state index in [1.54, 1.807) is 12.3 Å². The SMILES string of the molecule is COC(=O)c1cc(C)c(CC(C)C)cn1. The van der Waals surface area contributed by atoms with E-state index >= 15 is 0 Å². The van der Waals surface area contributed by atoms with Crippen molar-refractivity contribution in [3.63, 3.8) is 0 Å². The van der Waals surface area contributed by atoms with Gasteiger partial charge in [-0.2, -0.15) is 0 Å². The topological polar surface area (TPSA) is 39.2 Å². The lowest BCUT2D eigenvalue weighted by molar-refractivity contribution is 0.0594. The van der Waals surface area contributed by atoms with Gasteiger partial charge in [-0.25, -0.2) is 9.78 Å². The summed E-state index contributed by atoms with van der Waals surface area (Å²) in [5, 5.41) is 0. The molecule has 0 atom stereocenters. The van der Waals surface area contributed by atoms with Gasteiger partial charge in [-0.3, -0.25) is 0 Å². The molecule has 15 heavy (non-hydrogen) atoms. The Labute approximate surface area is 90.5 Å². The van der Waals surface area contributed by atoms with Gasteiger partial charge in [-0.1, -0.05) is 13.8 Å². The molecule has 3 nitrogen and oxygen atoms in total. The van der Waals surface area contributed by atoms with Crippen molar-refractivity contribution in [3.05, 3.63) is 29.1 Å². The van der Waals surface area contributed by atoms with E-state index in [4.69, 9.17) is 0 Å². The number of hydrogen-bond acceptors (Lipinski definition) is 3. The maximum atomic E-state index is 11.2. The Hall–Kier alpha value is -1.38. The normalized spacial score (nSPS) is 10.5. The fourth-order valence-electron chi connectivity index (χ4n) is 1.45. The Kier molecular flexibility index (Phi) is 3.83. The molecule has 0 bridgehead atoms. The summed E-state index contributed by atoms with van der Waals surface area (Å²) in [6, 6.07) is 1.78. The van der Waals surface area contributed by atoms with E-state index in [1.807, 2.05) is 6.92 Å². The Bertz CT molecular complexity index is 359. The van der Waals surface area contributed by atoms with Crippen LogP contribution in [0.5, 0.6) is 0 Å². The van der Waals surface area contributed by atoms with Gasteiger partial charge in [0.2, 0.25) is 0 Å². The summed E-state index contributed by atoms with van der Waals surface area (Å²) in [7, 11) is 1.36. The quantitative estimate of drug-likeness (QED) is 0.714. The van der Waals surface area contributed by atoms with Crippen LogP contribution in [0.3, 0.4) is 0 Å². The first-order valence-corrected chi connectivity index (χ1v) is 5.08. The van der Waals surface area contributed by atoms with Gasteiger partial charge in [0.1, 0.15) is 5.69 Å². The molecule has 0 aromatic carbocycles. The minimum Gasteiger partial charge on any atom is -0.464 e. The van der Waals surface area contributed by atoms with Crippen LogP contribution in [0.15, 0.2) is 12.3 Å². The zero-order chi connectivity index (χ0) is 11.4. The largest absolute Gasteiger partial charge is 0.464 e. The molecule has 82 valence electrons. The van der Waals surface area contributed by atoms with Gasteiger partial charge in [-0.05, 0) is 36.5 Å². The number of pyridine rings is 1. The summed E-state index contributed by atoms with van der Waals surface area (Å²) in [5.41, 5.74) is 2.67. The molecule has 1 aromatic rings. The average molecular weight is 207 g/mol. The second-order valence-electron chi connectivity index (χ2n) is 4.09. The van der Waals surface area contributed by atoms with Crippen molar-refractivity contribution in [2.45, 2.75) is 27.2 Å². The fraction of sp³-hybridized carbons (Fsp3) is 0.500. The average Bonchev–Trinajstić information content (AvgIpc) is 2.19. The molecule has 1 rings (SSSR count). The minimum atomic E-state index is -0.380. The molecule has 0 amide bonds. The van der Waals surface area contributed by atoms with Crippen molar-refractivity contribution in [2.24, 2.45) is 5.92 Å². The summed E-state index contributed by atoms with van der Waals surface area (Å²) < 4.78 is 4.61. The number of rotatable bonds is 3. The maximum absolute atomic E-state index is 11.2. The zero-order valence-corrected chi connectivity index (χ0v) is 9.70. The number of ether oxygens (including phenoxy) is 1. The second-order valence-corrected chi connectivity index (χ2v) is 4.09. The molecular weight excluding hydrogens is 190 g/mol. The fourth-order valence-corrected chi connectivity index (χ4v) is 1.45. The van der Waals surface area contributed by atoms with E-state index in [0.29, 0.717) is 11.6 Å². The van der Waals surface area contributed by atoms with Gasteiger partial charge in [0.25, 0.3) is 0 Å². The van der Waals surface area contributed by atoms with Crippen LogP contribution in [0.1, 0.15) is 35.5 Å². The molecule has 0 aliphatic rings. The molecule has 0 aliphatic heterocycles. The number of aryl methyl sites for hydroxylation is 1. The molecule has 0 aliphatic carbocycles. The highest BCUT2D eigenvalue weighted by Gasteiger charge is 2.09. The van der Waals surface area contributed by atoms with Gasteiger partial charge < -0.3 is 4.74 Å². The summed E-state index contributed by atoms with van der Waals surface area (Å²) >= 11 is 0. The van der Waals surface area contributed by atoms with Crippen LogP contribution in [0.2, 0.25) is 0 Å². The van der Waals surface area contributed by atoms with Crippen LogP contribution in [0, 0.1) is 12.8 Å². The van der Waals surface area contributed by atoms with Crippen LogP contribution in [0.4, 0.5) is 0 Å². The first kappa shape index (κ1) is 11.7. The van der Waals surface area contributed by atoms with Crippen molar-refractivity contribution in [1.29, 1.82) is 0 Å². The zero-order valence-electron chi connectivity index (χ0n) is 9.70. The number of aromatic nitrogens is 1. The van der Waals surface area contributed by atoms with Gasteiger partial charge in [0.05, 0.1) is 7.11 Å². The highest BCUT2D eigenvalue weighted by atomic mass is 16.5. The number of hydrogen-bond donors (Lipinski definition) is 0. The predicted molar refractivity (Wildman–Crippen MR) is 58.9 cm³/mol. The third kappa shape index (κ3) is 3.05. The minimum absolute atomic E-state index is 0.377. The van der Waals surface area contributed by atoms with E-state index in [0.717, 1.165) is 12.0 Å². The molecule has 1 aromatic heterocycles. The summed E-state index contributed by atoms with van der Waals surface area (Å²) in [5.74, 6) is 0.212. The highest BCUT2D eigenvalue weighted by molar-refractivity contribution is 5.87. The second kappa shape index (κ2) is 4.91. The Morgan fingerprint density at radius 2 is 2.20 bits per heavy atom. The summed E-state index contributed by atoms with van der Waals surface area (Å²) in [6.07, 6.45) is 2.75. The third-order valence-electron chi connectivity index (χ3n) is 2.24. The van der Waals surface area contributed by atoms with Crippen molar-refractivity contribution in [2.75, 3.05) is 7.11 Å². The van der Waals surface area contributed by atoms with Gasteiger partial charge in [0, 0.05) is 6.20 Å². The number of methoxy groups -OCH3 is 1. The molecule has 0 unspecified atom stereocenters. The first-order chi connectivity index (χ1) is 7.04. The molecule has 0 radical (unpaired) electrons. The Balaban J connectivity index is 2.93. The van der Waals surface area contributed by atoms with Gasteiger partial charge in [-0.15, -0.1) is 0 Å². The van der Waals surface area contributed by atoms with Crippen molar-refractivity contribution < 1.29 is 9.53 Å². The first-order valence-electron chi connectivity index (χ1n) is 5.08. The van der Waals surface area contributed by atoms with E-state index in [9.17, 15) is 4.79 Å². The lowest BCUT2D eigenvalue weighted by Gasteiger charge is -2.08. The van der Waals surface area contributed by atoms with Gasteiger partial charge in [0.15, 0.2) is 0 Å². The number of nitrogens with zero attached hydrogens (tertiary/aromatic N) is 1. The molecule has 0 saturated heterocycles. The lowest BCUT2D eigenvalue weighted by atomic mass is 10.0. The Morgan fingerprint density at radius 3 is 2.67 bits per heavy atom. The van der Waals surface area contributed by atoms with E-state index < -0.39 is 0 Å². The van der Waals surface area contributed by atoms with Gasteiger partial charge >= 0.3 is 5.97 Å². The smallest absolute Gasteiger partial charge is 0.356 e. The molecule has 0 spiro atoms. The molecule has 0 fully saturated rings. The molecular formula is C12H17NO2. The van der Waals surface area contributed by atoms with Crippen LogP contribution in [-0.4, -0.2) is 18.1 Å². The van der Waals surface area contributed by atoms with E-state index in [-0.39, 0.29) is 5.97 Å². The van der Waals surface area contributed by atoms with Crippen LogP contribution in [-0.2, 0) is 11.2 Å². The monoisotopic (exact) mass is 207 g/mol.